The molecule has 12 nitrogen and oxygen atoms in total. The number of rotatable bonds is 9. The molecule has 234 valence electrons. The van der Waals surface area contributed by atoms with Crippen molar-refractivity contribution in [3.63, 3.8) is 0 Å². The van der Waals surface area contributed by atoms with Gasteiger partial charge in [-0.15, -0.1) is 0 Å². The highest BCUT2D eigenvalue weighted by Gasteiger charge is 2.27. The summed E-state index contributed by atoms with van der Waals surface area (Å²) >= 11 is 0. The zero-order valence-electron chi connectivity index (χ0n) is 25.7. The van der Waals surface area contributed by atoms with Gasteiger partial charge in [-0.25, -0.2) is 15.0 Å². The molecule has 3 saturated heterocycles. The number of primary amides is 1. The quantitative estimate of drug-likeness (QED) is 0.334. The first-order chi connectivity index (χ1) is 21.5. The molecule has 3 aliphatic rings. The zero-order chi connectivity index (χ0) is 30.5. The lowest BCUT2D eigenvalue weighted by atomic mass is 10.0. The predicted molar refractivity (Wildman–Crippen MR) is 172 cm³/mol. The second-order valence-electron chi connectivity index (χ2n) is 11.8. The van der Waals surface area contributed by atoms with Crippen molar-refractivity contribution in [1.29, 1.82) is 0 Å². The van der Waals surface area contributed by atoms with Gasteiger partial charge in [0.25, 0.3) is 5.91 Å². The van der Waals surface area contributed by atoms with E-state index >= 15 is 0 Å². The molecule has 1 amide bonds. The topological polar surface area (TPSA) is 134 Å². The van der Waals surface area contributed by atoms with E-state index in [2.05, 4.69) is 49.5 Å². The lowest BCUT2D eigenvalue weighted by Gasteiger charge is -2.42. The summed E-state index contributed by atoms with van der Waals surface area (Å²) in [5.41, 5.74) is 9.10. The molecule has 0 aliphatic carbocycles. The first-order valence-corrected chi connectivity index (χ1v) is 15.6. The van der Waals surface area contributed by atoms with Crippen LogP contribution in [0, 0.1) is 0 Å². The van der Waals surface area contributed by atoms with E-state index in [1.807, 2.05) is 18.2 Å². The summed E-state index contributed by atoms with van der Waals surface area (Å²) in [6.07, 6.45) is 5.69. The third-order valence-corrected chi connectivity index (χ3v) is 8.92. The normalized spacial score (nSPS) is 19.1. The predicted octanol–water partition coefficient (Wildman–Crippen LogP) is 3.20. The van der Waals surface area contributed by atoms with Gasteiger partial charge < -0.3 is 35.6 Å². The van der Waals surface area contributed by atoms with Crippen molar-refractivity contribution in [3.8, 4) is 17.1 Å². The number of benzene rings is 1. The Balaban J connectivity index is 1.20. The number of pyridine rings is 1. The van der Waals surface area contributed by atoms with Crippen molar-refractivity contribution in [2.24, 2.45) is 5.73 Å². The van der Waals surface area contributed by atoms with Gasteiger partial charge in [-0.1, -0.05) is 0 Å². The van der Waals surface area contributed by atoms with Crippen LogP contribution in [0.25, 0.3) is 11.3 Å². The van der Waals surface area contributed by atoms with Gasteiger partial charge in [0.15, 0.2) is 17.3 Å². The second-order valence-corrected chi connectivity index (χ2v) is 11.8. The fourth-order valence-corrected chi connectivity index (χ4v) is 6.27. The van der Waals surface area contributed by atoms with Crippen LogP contribution in [-0.4, -0.2) is 109 Å². The molecule has 2 aromatic heterocycles. The fourth-order valence-electron chi connectivity index (χ4n) is 6.27. The first-order valence-electron chi connectivity index (χ1n) is 15.6. The number of aromatic nitrogens is 3. The molecule has 3 aliphatic heterocycles. The third kappa shape index (κ3) is 7.03. The minimum Gasteiger partial charge on any atom is -0.481 e. The lowest BCUT2D eigenvalue weighted by molar-refractivity contribution is 0.0904. The number of ether oxygens (including phenoxy) is 2. The van der Waals surface area contributed by atoms with Crippen molar-refractivity contribution in [2.75, 3.05) is 82.2 Å². The van der Waals surface area contributed by atoms with Crippen LogP contribution >= 0.6 is 0 Å². The SMILES string of the molecule is COc1cc(-c2nc(C(N)=O)c(Nc3ccc(N4CCC(N5CCN(C)CC5)CC4)cc3)nc2NC2CCOCC2)ccn1. The highest BCUT2D eigenvalue weighted by molar-refractivity contribution is 5.97. The average molecular weight is 602 g/mol. The van der Waals surface area contributed by atoms with Gasteiger partial charge in [-0.05, 0) is 63.1 Å². The standard InChI is InChI=1S/C32H43N9O3/c1-39-15-17-41(18-16-39)26-8-13-40(14-9-26)25-5-3-23(4-6-25)35-32-29(30(33)42)37-28(22-7-12-34-27(21-22)43-2)31(38-32)36-24-10-19-44-20-11-24/h3-7,12,21,24,26H,8-11,13-20H2,1-2H3,(H2,33,42)(H2,35,36,38). The summed E-state index contributed by atoms with van der Waals surface area (Å²) in [6.45, 7) is 8.09. The minimum atomic E-state index is -0.667. The zero-order valence-corrected chi connectivity index (χ0v) is 25.7. The van der Waals surface area contributed by atoms with Gasteiger partial charge in [-0.3, -0.25) is 9.69 Å². The number of methoxy groups -OCH3 is 1. The van der Waals surface area contributed by atoms with Crippen molar-refractivity contribution in [3.05, 3.63) is 48.3 Å². The van der Waals surface area contributed by atoms with E-state index in [-0.39, 0.29) is 11.7 Å². The van der Waals surface area contributed by atoms with E-state index in [0.29, 0.717) is 48.0 Å². The van der Waals surface area contributed by atoms with Crippen LogP contribution < -0.4 is 26.0 Å². The number of piperidine rings is 1. The Hall–Kier alpha value is -4.00. The third-order valence-electron chi connectivity index (χ3n) is 8.92. The molecule has 0 spiro atoms. The Bertz CT molecular complexity index is 1410. The van der Waals surface area contributed by atoms with Gasteiger partial charge >= 0.3 is 0 Å². The number of hydrogen-bond donors (Lipinski definition) is 3. The number of carbonyl (C=O) groups excluding carboxylic acids is 1. The highest BCUT2D eigenvalue weighted by Crippen LogP contribution is 2.32. The second kappa shape index (κ2) is 13.7. The summed E-state index contributed by atoms with van der Waals surface area (Å²) in [7, 11) is 3.76. The van der Waals surface area contributed by atoms with Gasteiger partial charge in [0.2, 0.25) is 5.88 Å². The molecule has 0 saturated carbocycles. The Kier molecular flexibility index (Phi) is 9.39. The van der Waals surface area contributed by atoms with E-state index < -0.39 is 5.91 Å². The number of nitrogens with two attached hydrogens (primary N) is 1. The van der Waals surface area contributed by atoms with E-state index in [9.17, 15) is 4.79 Å². The van der Waals surface area contributed by atoms with Crippen LogP contribution in [0.5, 0.6) is 5.88 Å². The van der Waals surface area contributed by atoms with Crippen LogP contribution in [-0.2, 0) is 4.74 Å². The lowest BCUT2D eigenvalue weighted by Crippen LogP contribution is -2.52. The molecule has 3 aromatic rings. The Labute approximate surface area is 258 Å². The maximum atomic E-state index is 12.6. The molecular formula is C32H43N9O3. The van der Waals surface area contributed by atoms with Crippen LogP contribution in [0.3, 0.4) is 0 Å². The molecular weight excluding hydrogens is 558 g/mol. The van der Waals surface area contributed by atoms with E-state index in [0.717, 1.165) is 44.7 Å². The molecule has 4 N–H and O–H groups in total. The van der Waals surface area contributed by atoms with Crippen LogP contribution in [0.2, 0.25) is 0 Å². The van der Waals surface area contributed by atoms with Crippen LogP contribution in [0.4, 0.5) is 23.0 Å². The summed E-state index contributed by atoms with van der Waals surface area (Å²) in [5, 5.41) is 6.85. The van der Waals surface area contributed by atoms with Crippen molar-refractivity contribution in [2.45, 2.75) is 37.8 Å². The number of carbonyl (C=O) groups is 1. The molecule has 44 heavy (non-hydrogen) atoms. The van der Waals surface area contributed by atoms with Gasteiger partial charge in [-0.2, -0.15) is 0 Å². The van der Waals surface area contributed by atoms with E-state index in [1.165, 1.54) is 31.6 Å². The minimum absolute atomic E-state index is 0.0587. The highest BCUT2D eigenvalue weighted by atomic mass is 16.5. The molecule has 0 radical (unpaired) electrons. The van der Waals surface area contributed by atoms with Crippen LogP contribution in [0.1, 0.15) is 36.2 Å². The summed E-state index contributed by atoms with van der Waals surface area (Å²) in [5.74, 6) is 0.627. The summed E-state index contributed by atoms with van der Waals surface area (Å²) < 4.78 is 10.9. The van der Waals surface area contributed by atoms with Gasteiger partial charge in [0.05, 0.1) is 7.11 Å². The smallest absolute Gasteiger partial charge is 0.271 e. The molecule has 0 unspecified atom stereocenters. The van der Waals surface area contributed by atoms with Crippen molar-refractivity contribution < 1.29 is 14.3 Å². The molecule has 3 fully saturated rings. The maximum Gasteiger partial charge on any atom is 0.271 e. The summed E-state index contributed by atoms with van der Waals surface area (Å²) in [4.78, 5) is 34.0. The monoisotopic (exact) mass is 601 g/mol. The number of likely N-dealkylation sites (N-methyl/N-ethyl adjacent to an activating group) is 1. The van der Waals surface area contributed by atoms with Gasteiger partial charge in [0, 0.05) is 93.8 Å². The average Bonchev–Trinajstić information content (AvgIpc) is 3.06. The Morgan fingerprint density at radius 1 is 0.955 bits per heavy atom. The Morgan fingerprint density at radius 3 is 2.36 bits per heavy atom. The number of amides is 1. The van der Waals surface area contributed by atoms with E-state index in [1.54, 1.807) is 19.4 Å². The first kappa shape index (κ1) is 30.0. The molecule has 12 heteroatoms. The van der Waals surface area contributed by atoms with Crippen LogP contribution in [0.15, 0.2) is 42.6 Å². The molecule has 6 rings (SSSR count). The molecule has 0 bridgehead atoms. The van der Waals surface area contributed by atoms with Gasteiger partial charge in [0.1, 0.15) is 5.69 Å². The number of nitrogens with zero attached hydrogens (tertiary/aromatic N) is 6. The number of anilines is 4. The number of hydrogen-bond acceptors (Lipinski definition) is 11. The molecule has 5 heterocycles. The van der Waals surface area contributed by atoms with Crippen molar-refractivity contribution in [1.82, 2.24) is 24.8 Å². The number of nitrogens with one attached hydrogen (secondary N) is 2. The summed E-state index contributed by atoms with van der Waals surface area (Å²) in [6, 6.07) is 12.7. The molecule has 0 atom stereocenters. The Morgan fingerprint density at radius 2 is 1.68 bits per heavy atom. The van der Waals surface area contributed by atoms with E-state index in [4.69, 9.17) is 25.2 Å². The largest absolute Gasteiger partial charge is 0.481 e. The maximum absolute atomic E-state index is 12.6. The number of piperazine rings is 1. The van der Waals surface area contributed by atoms with Crippen molar-refractivity contribution >= 4 is 28.9 Å². The fraction of sp³-hybridized carbons (Fsp3) is 0.500. The molecule has 1 aromatic carbocycles.